The average Bonchev–Trinajstić information content (AvgIpc) is 2.40. The summed E-state index contributed by atoms with van der Waals surface area (Å²) in [5.41, 5.74) is 0. The van der Waals surface area contributed by atoms with Crippen molar-refractivity contribution in [2.75, 3.05) is 13.1 Å². The van der Waals surface area contributed by atoms with Crippen LogP contribution in [0.25, 0.3) is 0 Å². The van der Waals surface area contributed by atoms with Gasteiger partial charge >= 0.3 is 0 Å². The van der Waals surface area contributed by atoms with Gasteiger partial charge < -0.3 is 0 Å². The molecule has 1 rings (SSSR count). The first kappa shape index (κ1) is 16.6. The minimum absolute atomic E-state index is 0.245. The van der Waals surface area contributed by atoms with Crippen LogP contribution in [-0.2, 0) is 10.0 Å². The van der Waals surface area contributed by atoms with E-state index in [4.69, 9.17) is 0 Å². The van der Waals surface area contributed by atoms with Crippen LogP contribution in [0.5, 0.6) is 0 Å². The van der Waals surface area contributed by atoms with Crippen LogP contribution in [-0.4, -0.2) is 30.8 Å². The van der Waals surface area contributed by atoms with Gasteiger partial charge in [0.25, 0.3) is 0 Å². The minimum Gasteiger partial charge on any atom is -0.262 e. The fourth-order valence-corrected chi connectivity index (χ4v) is 3.95. The Balaban J connectivity index is 3.02. The molecule has 1 aromatic heterocycles. The van der Waals surface area contributed by atoms with E-state index in [-0.39, 0.29) is 4.90 Å². The maximum atomic E-state index is 12.5. The van der Waals surface area contributed by atoms with E-state index >= 15 is 0 Å². The van der Waals surface area contributed by atoms with Crippen LogP contribution in [0.4, 0.5) is 0 Å². The van der Waals surface area contributed by atoms with Gasteiger partial charge in [-0.25, -0.2) is 8.42 Å². The van der Waals surface area contributed by atoms with Crippen LogP contribution in [0.2, 0.25) is 0 Å². The second-order valence-electron chi connectivity index (χ2n) is 4.48. The molecule has 0 fully saturated rings. The molecule has 19 heavy (non-hydrogen) atoms. The lowest BCUT2D eigenvalue weighted by atomic mass is 10.0. The quantitative estimate of drug-likeness (QED) is 0.759. The molecule has 0 saturated carbocycles. The van der Waals surface area contributed by atoms with E-state index in [9.17, 15) is 8.42 Å². The highest BCUT2D eigenvalue weighted by Crippen LogP contribution is 2.21. The van der Waals surface area contributed by atoms with Crippen LogP contribution >= 0.6 is 15.9 Å². The Morgan fingerprint density at radius 2 is 1.89 bits per heavy atom. The molecule has 1 heterocycles. The van der Waals surface area contributed by atoms with Crippen molar-refractivity contribution in [2.45, 2.75) is 38.5 Å². The van der Waals surface area contributed by atoms with E-state index in [0.717, 1.165) is 12.8 Å². The van der Waals surface area contributed by atoms with Crippen LogP contribution in [0.3, 0.4) is 0 Å². The summed E-state index contributed by atoms with van der Waals surface area (Å²) >= 11 is 3.26. The van der Waals surface area contributed by atoms with E-state index in [1.54, 1.807) is 12.3 Å². The molecule has 0 spiro atoms. The number of hydrogen-bond donors (Lipinski definition) is 0. The van der Waals surface area contributed by atoms with Crippen LogP contribution in [0.1, 0.15) is 33.6 Å². The first-order valence-corrected chi connectivity index (χ1v) is 8.79. The second kappa shape index (κ2) is 7.36. The highest BCUT2D eigenvalue weighted by molar-refractivity contribution is 9.10. The summed E-state index contributed by atoms with van der Waals surface area (Å²) in [4.78, 5) is 4.18. The number of sulfonamides is 1. The molecule has 6 heteroatoms. The lowest BCUT2D eigenvalue weighted by molar-refractivity contribution is 0.339. The summed E-state index contributed by atoms with van der Waals surface area (Å²) in [5.74, 6) is 0.398. The number of nitrogens with zero attached hydrogens (tertiary/aromatic N) is 2. The molecule has 0 aliphatic carbocycles. The zero-order valence-electron chi connectivity index (χ0n) is 11.6. The molecule has 0 aliphatic rings. The van der Waals surface area contributed by atoms with E-state index < -0.39 is 10.0 Å². The fourth-order valence-electron chi connectivity index (χ4n) is 1.91. The van der Waals surface area contributed by atoms with Gasteiger partial charge in [-0.2, -0.15) is 4.31 Å². The third kappa shape index (κ3) is 4.26. The SMILES string of the molecule is CCC(CC)CN(CC)S(=O)(=O)c1cncc(Br)c1. The van der Waals surface area contributed by atoms with Crippen molar-refractivity contribution in [2.24, 2.45) is 5.92 Å². The Kier molecular flexibility index (Phi) is 6.42. The molecular weight excluding hydrogens is 328 g/mol. The monoisotopic (exact) mass is 348 g/mol. The third-order valence-corrected chi connectivity index (χ3v) is 5.63. The highest BCUT2D eigenvalue weighted by Gasteiger charge is 2.25. The van der Waals surface area contributed by atoms with Crippen LogP contribution in [0, 0.1) is 5.92 Å². The van der Waals surface area contributed by atoms with Crippen molar-refractivity contribution in [1.29, 1.82) is 0 Å². The van der Waals surface area contributed by atoms with Crippen molar-refractivity contribution >= 4 is 26.0 Å². The van der Waals surface area contributed by atoms with Gasteiger partial charge in [0.15, 0.2) is 0 Å². The Hall–Kier alpha value is -0.460. The molecule has 0 aliphatic heterocycles. The second-order valence-corrected chi connectivity index (χ2v) is 7.33. The van der Waals surface area contributed by atoms with E-state index in [1.165, 1.54) is 10.5 Å². The molecule has 0 amide bonds. The molecule has 0 aromatic carbocycles. The number of hydrogen-bond acceptors (Lipinski definition) is 3. The lowest BCUT2D eigenvalue weighted by Gasteiger charge is -2.24. The fraction of sp³-hybridized carbons (Fsp3) is 0.615. The molecular formula is C13H21BrN2O2S. The molecule has 108 valence electrons. The zero-order chi connectivity index (χ0) is 14.5. The first-order chi connectivity index (χ1) is 8.95. The molecule has 0 saturated heterocycles. The van der Waals surface area contributed by atoms with Crippen molar-refractivity contribution in [1.82, 2.24) is 9.29 Å². The smallest absolute Gasteiger partial charge is 0.244 e. The molecule has 0 unspecified atom stereocenters. The number of pyridine rings is 1. The largest absolute Gasteiger partial charge is 0.262 e. The van der Waals surface area contributed by atoms with Gasteiger partial charge in [0, 0.05) is 30.0 Å². The van der Waals surface area contributed by atoms with Gasteiger partial charge in [-0.3, -0.25) is 4.98 Å². The Labute approximate surface area is 124 Å². The van der Waals surface area contributed by atoms with Crippen molar-refractivity contribution in [3.63, 3.8) is 0 Å². The summed E-state index contributed by atoms with van der Waals surface area (Å²) in [5, 5.41) is 0. The highest BCUT2D eigenvalue weighted by atomic mass is 79.9. The maximum Gasteiger partial charge on any atom is 0.244 e. The van der Waals surface area contributed by atoms with Gasteiger partial charge in [0.1, 0.15) is 4.90 Å². The Morgan fingerprint density at radius 1 is 1.26 bits per heavy atom. The van der Waals surface area contributed by atoms with Crippen LogP contribution < -0.4 is 0 Å². The summed E-state index contributed by atoms with van der Waals surface area (Å²) < 4.78 is 27.3. The first-order valence-electron chi connectivity index (χ1n) is 6.56. The van der Waals surface area contributed by atoms with Crippen molar-refractivity contribution in [3.8, 4) is 0 Å². The van der Waals surface area contributed by atoms with Crippen molar-refractivity contribution in [3.05, 3.63) is 22.9 Å². The minimum atomic E-state index is -3.45. The topological polar surface area (TPSA) is 50.3 Å². The lowest BCUT2D eigenvalue weighted by Crippen LogP contribution is -2.35. The summed E-state index contributed by atoms with van der Waals surface area (Å²) in [6.07, 6.45) is 4.95. The standard InChI is InChI=1S/C13H21BrN2O2S/c1-4-11(5-2)10-16(6-3)19(17,18)13-7-12(14)8-15-9-13/h7-9,11H,4-6,10H2,1-3H3. The van der Waals surface area contributed by atoms with Gasteiger partial charge in [0.2, 0.25) is 10.0 Å². The number of rotatable bonds is 7. The van der Waals surface area contributed by atoms with E-state index in [1.807, 2.05) is 6.92 Å². The molecule has 0 N–H and O–H groups in total. The van der Waals surface area contributed by atoms with E-state index in [2.05, 4.69) is 34.8 Å². The predicted octanol–water partition coefficient (Wildman–Crippen LogP) is 3.29. The van der Waals surface area contributed by atoms with Crippen molar-refractivity contribution < 1.29 is 8.42 Å². The predicted molar refractivity (Wildman–Crippen MR) is 80.4 cm³/mol. The third-order valence-electron chi connectivity index (χ3n) is 3.29. The average molecular weight is 349 g/mol. The summed E-state index contributed by atoms with van der Waals surface area (Å²) in [6, 6.07) is 1.60. The Morgan fingerprint density at radius 3 is 2.37 bits per heavy atom. The van der Waals surface area contributed by atoms with Gasteiger partial charge in [-0.05, 0) is 27.9 Å². The van der Waals surface area contributed by atoms with Crippen LogP contribution in [0.15, 0.2) is 27.8 Å². The summed E-state index contributed by atoms with van der Waals surface area (Å²) in [7, 11) is -3.45. The van der Waals surface area contributed by atoms with Gasteiger partial charge in [-0.1, -0.05) is 33.6 Å². The molecule has 0 atom stereocenters. The zero-order valence-corrected chi connectivity index (χ0v) is 14.0. The maximum absolute atomic E-state index is 12.5. The molecule has 0 bridgehead atoms. The number of halogens is 1. The van der Waals surface area contributed by atoms with E-state index in [0.29, 0.717) is 23.5 Å². The molecule has 4 nitrogen and oxygen atoms in total. The molecule has 1 aromatic rings. The summed E-state index contributed by atoms with van der Waals surface area (Å²) in [6.45, 7) is 7.10. The van der Waals surface area contributed by atoms with Gasteiger partial charge in [0.05, 0.1) is 0 Å². The molecule has 0 radical (unpaired) electrons. The van der Waals surface area contributed by atoms with Gasteiger partial charge in [-0.15, -0.1) is 0 Å². The number of aromatic nitrogens is 1. The normalized spacial score (nSPS) is 12.3. The Bertz CT molecular complexity index is 501.